The van der Waals surface area contributed by atoms with Crippen molar-refractivity contribution >= 4 is 27.9 Å². The predicted molar refractivity (Wildman–Crippen MR) is 109 cm³/mol. The van der Waals surface area contributed by atoms with Crippen LogP contribution in [0.4, 0.5) is 8.78 Å². The summed E-state index contributed by atoms with van der Waals surface area (Å²) in [5, 5.41) is 0.967. The molecule has 2 unspecified atom stereocenters. The molecule has 1 heterocycles. The highest BCUT2D eigenvalue weighted by atomic mass is 19.1. The topological polar surface area (TPSA) is 39.4 Å². The van der Waals surface area contributed by atoms with Gasteiger partial charge in [0.05, 0.1) is 5.56 Å². The Kier molecular flexibility index (Phi) is 5.57. The van der Waals surface area contributed by atoms with E-state index >= 15 is 4.39 Å². The van der Waals surface area contributed by atoms with Gasteiger partial charge in [-0.2, -0.15) is 0 Å². The van der Waals surface area contributed by atoms with Crippen molar-refractivity contribution in [1.29, 1.82) is 0 Å². The van der Waals surface area contributed by atoms with E-state index in [1.807, 2.05) is 6.92 Å². The van der Waals surface area contributed by atoms with Crippen LogP contribution >= 0.6 is 0 Å². The van der Waals surface area contributed by atoms with Crippen molar-refractivity contribution in [2.75, 3.05) is 0 Å². The molecule has 1 saturated carbocycles. The van der Waals surface area contributed by atoms with E-state index < -0.39 is 17.6 Å². The van der Waals surface area contributed by atoms with Crippen molar-refractivity contribution in [3.8, 4) is 0 Å². The third kappa shape index (κ3) is 3.63. The summed E-state index contributed by atoms with van der Waals surface area (Å²) in [4.78, 5) is 12.6. The van der Waals surface area contributed by atoms with Crippen LogP contribution in [0.15, 0.2) is 28.7 Å². The Balaban J connectivity index is 1.64. The molecule has 3 aromatic rings. The Hall–Kier alpha value is -2.43. The molecule has 5 heteroatoms. The summed E-state index contributed by atoms with van der Waals surface area (Å²) in [7, 11) is 0. The van der Waals surface area contributed by atoms with Gasteiger partial charge in [-0.3, -0.25) is 0 Å². The molecule has 1 aliphatic rings. The van der Waals surface area contributed by atoms with E-state index in [0.29, 0.717) is 28.7 Å². The normalized spacial score (nSPS) is 19.3. The number of rotatable bonds is 6. The van der Waals surface area contributed by atoms with Gasteiger partial charge in [-0.15, -0.1) is 0 Å². The Labute approximate surface area is 169 Å². The predicted octanol–water partition coefficient (Wildman–Crippen LogP) is 6.94. The minimum absolute atomic E-state index is 0.0357. The number of ether oxygens (including phenoxy) is 1. The van der Waals surface area contributed by atoms with E-state index in [2.05, 4.69) is 6.92 Å². The van der Waals surface area contributed by atoms with E-state index in [4.69, 9.17) is 9.15 Å². The molecule has 0 saturated heterocycles. The summed E-state index contributed by atoms with van der Waals surface area (Å²) in [5.74, 6) is -1.36. The molecule has 1 aromatic heterocycles. The highest BCUT2D eigenvalue weighted by Gasteiger charge is 2.29. The van der Waals surface area contributed by atoms with Crippen LogP contribution in [0.1, 0.15) is 68.3 Å². The fraction of sp³-hybridized carbons (Fsp3) is 0.458. The number of carbonyl (C=O) groups is 1. The molecule has 0 amide bonds. The maximum atomic E-state index is 15.1. The van der Waals surface area contributed by atoms with Crippen LogP contribution in [0, 0.1) is 17.6 Å². The number of carbonyl (C=O) groups excluding carboxylic acids is 1. The highest BCUT2D eigenvalue weighted by Crippen LogP contribution is 2.36. The number of fused-ring (bicyclic) bond motifs is 3. The number of hydrogen-bond acceptors (Lipinski definition) is 3. The van der Waals surface area contributed by atoms with Crippen molar-refractivity contribution in [3.63, 3.8) is 0 Å². The van der Waals surface area contributed by atoms with E-state index in [1.165, 1.54) is 6.07 Å². The monoisotopic (exact) mass is 400 g/mol. The van der Waals surface area contributed by atoms with Gasteiger partial charge in [-0.25, -0.2) is 13.6 Å². The first kappa shape index (κ1) is 19.9. The van der Waals surface area contributed by atoms with E-state index in [0.717, 1.165) is 38.5 Å². The number of esters is 1. The lowest BCUT2D eigenvalue weighted by atomic mass is 10.0. The minimum Gasteiger partial charge on any atom is -0.459 e. The second kappa shape index (κ2) is 8.13. The first-order valence-corrected chi connectivity index (χ1v) is 10.6. The van der Waals surface area contributed by atoms with E-state index in [1.54, 1.807) is 18.2 Å². The summed E-state index contributed by atoms with van der Waals surface area (Å²) < 4.78 is 41.0. The smallest absolute Gasteiger partial charge is 0.341 e. The molecular formula is C24H26F2O3. The van der Waals surface area contributed by atoms with Crippen LogP contribution in [-0.4, -0.2) is 12.1 Å². The SMILES string of the molecule is CCCc1ccc2c(oc3c(F)c(C(=O)OC4CCC(CCC)C4)ccc32)c1F. The second-order valence-electron chi connectivity index (χ2n) is 8.07. The first-order valence-electron chi connectivity index (χ1n) is 10.6. The van der Waals surface area contributed by atoms with E-state index in [-0.39, 0.29) is 22.8 Å². The summed E-state index contributed by atoms with van der Waals surface area (Å²) in [5.41, 5.74) is 0.317. The van der Waals surface area contributed by atoms with Gasteiger partial charge in [0.1, 0.15) is 6.10 Å². The van der Waals surface area contributed by atoms with Gasteiger partial charge >= 0.3 is 5.97 Å². The Bertz CT molecular complexity index is 1050. The zero-order valence-electron chi connectivity index (χ0n) is 16.9. The molecule has 0 spiro atoms. The van der Waals surface area contributed by atoms with Gasteiger partial charge in [0.2, 0.25) is 0 Å². The molecular weight excluding hydrogens is 374 g/mol. The number of hydrogen-bond donors (Lipinski definition) is 0. The number of aryl methyl sites for hydroxylation is 1. The highest BCUT2D eigenvalue weighted by molar-refractivity contribution is 6.07. The molecule has 2 aromatic carbocycles. The molecule has 4 rings (SSSR count). The molecule has 1 fully saturated rings. The van der Waals surface area contributed by atoms with Gasteiger partial charge in [-0.1, -0.05) is 39.2 Å². The molecule has 3 nitrogen and oxygen atoms in total. The van der Waals surface area contributed by atoms with Crippen LogP contribution in [0.25, 0.3) is 21.9 Å². The number of furan rings is 1. The van der Waals surface area contributed by atoms with Crippen LogP contribution in [0.3, 0.4) is 0 Å². The maximum Gasteiger partial charge on any atom is 0.341 e. The summed E-state index contributed by atoms with van der Waals surface area (Å²) in [6.07, 6.45) is 6.13. The van der Waals surface area contributed by atoms with Crippen molar-refractivity contribution in [2.45, 2.75) is 64.9 Å². The fourth-order valence-electron chi connectivity index (χ4n) is 4.52. The third-order valence-corrected chi connectivity index (χ3v) is 5.97. The minimum atomic E-state index is -0.789. The zero-order chi connectivity index (χ0) is 20.5. The van der Waals surface area contributed by atoms with Crippen LogP contribution in [0.2, 0.25) is 0 Å². The summed E-state index contributed by atoms with van der Waals surface area (Å²) >= 11 is 0. The van der Waals surface area contributed by atoms with Crippen LogP contribution < -0.4 is 0 Å². The molecule has 154 valence electrons. The van der Waals surface area contributed by atoms with Crippen LogP contribution in [-0.2, 0) is 11.2 Å². The molecule has 0 N–H and O–H groups in total. The summed E-state index contributed by atoms with van der Waals surface area (Å²) in [6.45, 7) is 4.11. The van der Waals surface area contributed by atoms with Crippen molar-refractivity contribution in [2.24, 2.45) is 5.92 Å². The average Bonchev–Trinajstić information content (AvgIpc) is 3.30. The lowest BCUT2D eigenvalue weighted by Crippen LogP contribution is -2.16. The Morgan fingerprint density at radius 2 is 1.76 bits per heavy atom. The van der Waals surface area contributed by atoms with Crippen molar-refractivity contribution in [3.05, 3.63) is 47.0 Å². The molecule has 0 aliphatic heterocycles. The van der Waals surface area contributed by atoms with Gasteiger partial charge in [0.15, 0.2) is 22.8 Å². The molecule has 0 bridgehead atoms. The Morgan fingerprint density at radius 1 is 1.03 bits per heavy atom. The lowest BCUT2D eigenvalue weighted by Gasteiger charge is -2.13. The number of halogens is 2. The Morgan fingerprint density at radius 3 is 2.48 bits per heavy atom. The fourth-order valence-corrected chi connectivity index (χ4v) is 4.52. The van der Waals surface area contributed by atoms with Crippen LogP contribution in [0.5, 0.6) is 0 Å². The standard InChI is InChI=1S/C24H26F2O3/c1-3-5-14-7-9-16(13-14)28-24(27)19-12-11-18-17-10-8-15(6-4-2)20(25)22(17)29-23(18)21(19)26/h8,10-12,14,16H,3-7,9,13H2,1-2H3. The first-order chi connectivity index (χ1) is 14.0. The maximum absolute atomic E-state index is 15.1. The molecule has 29 heavy (non-hydrogen) atoms. The molecule has 0 radical (unpaired) electrons. The van der Waals surface area contributed by atoms with Crippen molar-refractivity contribution in [1.82, 2.24) is 0 Å². The third-order valence-electron chi connectivity index (χ3n) is 5.97. The average molecular weight is 400 g/mol. The lowest BCUT2D eigenvalue weighted by molar-refractivity contribution is 0.0303. The summed E-state index contributed by atoms with van der Waals surface area (Å²) in [6, 6.07) is 6.47. The van der Waals surface area contributed by atoms with Gasteiger partial charge in [0.25, 0.3) is 0 Å². The largest absolute Gasteiger partial charge is 0.459 e. The van der Waals surface area contributed by atoms with E-state index in [9.17, 15) is 9.18 Å². The zero-order valence-corrected chi connectivity index (χ0v) is 16.9. The van der Waals surface area contributed by atoms with Gasteiger partial charge < -0.3 is 9.15 Å². The number of benzene rings is 2. The quantitative estimate of drug-likeness (QED) is 0.421. The van der Waals surface area contributed by atoms with Crippen molar-refractivity contribution < 1.29 is 22.7 Å². The second-order valence-corrected chi connectivity index (χ2v) is 8.07. The molecule has 1 aliphatic carbocycles. The van der Waals surface area contributed by atoms with Gasteiger partial charge in [-0.05, 0) is 55.4 Å². The molecule has 2 atom stereocenters. The van der Waals surface area contributed by atoms with Gasteiger partial charge in [0, 0.05) is 10.8 Å².